The molecule has 3 N–H and O–H groups in total. The summed E-state index contributed by atoms with van der Waals surface area (Å²) in [6.07, 6.45) is 5.14. The zero-order chi connectivity index (χ0) is 80.6. The standard InChI is InChI=1S/C20H21ClN4O.2C17H13ClN4O.C17H16ClN3O.C15H11ClN2O2/c1-23(2)13-16-19(24(3)4)22-17-11-10-14(21)12-18(17)25(20(16)26)15-8-6-5-7-9-15;1-21-10-13-16(20-21)19-14-8-7-11(18)9-15(14)22(17(13)23)12-5-3-2-4-6-12;1-21-16-13(10-19-21)17(23)22(12-5-3-2-4-6-12)15-9-11(18)7-8-14(15)20-16;1-20(2)16-11-17(22)21(13-6-4-3-5-7-13)15-10-12(18)8-9-14(15)19-16;16-10-6-7-12-13(8-10)18(11-4-2-1-3-5-11)15(20)9-14(19)17-12/h5-13H,1-4H3;2-10H,1H3,(H,19,20);2-10,20H,1H3;3-10H,11H2,1-2H3;1-8H,9H2,(H,17,19)/b16-13-;;;;. The number of benzene rings is 10. The summed E-state index contributed by atoms with van der Waals surface area (Å²) in [5, 5.41) is 20.5. The molecule has 5 aliphatic heterocycles. The Labute approximate surface area is 683 Å². The minimum atomic E-state index is -0.322. The predicted octanol–water partition coefficient (Wildman–Crippen LogP) is 19.6. The zero-order valence-corrected chi connectivity index (χ0v) is 66.6. The number of carbonyl (C=O) groups is 6. The van der Waals surface area contributed by atoms with Crippen molar-refractivity contribution in [1.29, 1.82) is 0 Å². The molecule has 0 bridgehead atoms. The molecule has 7 heterocycles. The van der Waals surface area contributed by atoms with Crippen molar-refractivity contribution in [3.05, 3.63) is 303 Å². The highest BCUT2D eigenvalue weighted by molar-refractivity contribution is 6.35. The van der Waals surface area contributed by atoms with Gasteiger partial charge < -0.3 is 30.7 Å². The van der Waals surface area contributed by atoms with Gasteiger partial charge in [-0.25, -0.2) is 9.98 Å². The monoisotopic (exact) mass is 1620 g/mol. The van der Waals surface area contributed by atoms with Gasteiger partial charge in [-0.3, -0.25) is 62.6 Å². The van der Waals surface area contributed by atoms with E-state index in [4.69, 9.17) is 63.0 Å². The second-order valence-corrected chi connectivity index (χ2v) is 29.0. The Bertz CT molecular complexity index is 5700. The number of para-hydroxylation sites is 5. The molecule has 574 valence electrons. The van der Waals surface area contributed by atoms with Crippen LogP contribution in [-0.4, -0.2) is 124 Å². The molecule has 5 aliphatic rings. The summed E-state index contributed by atoms with van der Waals surface area (Å²) in [6, 6.07) is 74.0. The van der Waals surface area contributed by atoms with Gasteiger partial charge in [-0.2, -0.15) is 10.2 Å². The van der Waals surface area contributed by atoms with Gasteiger partial charge in [0.25, 0.3) is 17.7 Å². The number of fused-ring (bicyclic) bond motifs is 7. The van der Waals surface area contributed by atoms with Gasteiger partial charge in [0.05, 0.1) is 75.1 Å². The van der Waals surface area contributed by atoms with E-state index in [2.05, 4.69) is 31.1 Å². The highest BCUT2D eigenvalue weighted by Crippen LogP contribution is 2.46. The smallest absolute Gasteiger partial charge is 0.268 e. The molecule has 0 aliphatic carbocycles. The number of aliphatic imine (C=N–C) groups is 2. The van der Waals surface area contributed by atoms with E-state index in [0.29, 0.717) is 105 Å². The van der Waals surface area contributed by atoms with E-state index in [1.807, 2.05) is 233 Å². The number of likely N-dealkylation sites (N-methyl/N-ethyl adjacent to an activating group) is 1. The van der Waals surface area contributed by atoms with E-state index in [0.717, 1.165) is 45.6 Å². The molecule has 0 unspecified atom stereocenters. The molecule has 17 rings (SSSR count). The number of halogens is 5. The van der Waals surface area contributed by atoms with Crippen LogP contribution >= 0.6 is 58.0 Å². The van der Waals surface area contributed by atoms with Crippen molar-refractivity contribution in [3.8, 4) is 0 Å². The Hall–Kier alpha value is -13.0. The first-order valence-corrected chi connectivity index (χ1v) is 37.5. The molecule has 2 aromatic heterocycles. The van der Waals surface area contributed by atoms with Crippen LogP contribution in [0.3, 0.4) is 0 Å². The van der Waals surface area contributed by atoms with Crippen LogP contribution in [0.1, 0.15) is 33.6 Å². The number of anilines is 15. The Kier molecular flexibility index (Phi) is 24.1. The third kappa shape index (κ3) is 17.5. The van der Waals surface area contributed by atoms with Gasteiger partial charge in [-0.1, -0.05) is 149 Å². The van der Waals surface area contributed by atoms with Crippen LogP contribution in [0.15, 0.2) is 277 Å². The van der Waals surface area contributed by atoms with Crippen LogP contribution in [0.4, 0.5) is 96.9 Å². The maximum atomic E-state index is 13.6. The Morgan fingerprint density at radius 3 is 1.23 bits per heavy atom. The molecule has 0 fully saturated rings. The highest BCUT2D eigenvalue weighted by Gasteiger charge is 2.36. The first-order chi connectivity index (χ1) is 54.9. The zero-order valence-electron chi connectivity index (χ0n) is 62.8. The highest BCUT2D eigenvalue weighted by atomic mass is 35.5. The molecule has 114 heavy (non-hydrogen) atoms. The number of aryl methyl sites for hydroxylation is 2. The van der Waals surface area contributed by atoms with E-state index in [1.165, 1.54) is 4.90 Å². The number of hydrogen-bond acceptors (Lipinski definition) is 15. The molecule has 6 amide bonds. The number of aromatic nitrogens is 4. The van der Waals surface area contributed by atoms with Gasteiger partial charge in [0.2, 0.25) is 17.7 Å². The quantitative estimate of drug-likeness (QED) is 0.104. The van der Waals surface area contributed by atoms with Crippen LogP contribution in [0.25, 0.3) is 0 Å². The lowest BCUT2D eigenvalue weighted by molar-refractivity contribution is -0.124. The number of nitrogens with one attached hydrogen (secondary N) is 3. The number of rotatable bonds is 6. The van der Waals surface area contributed by atoms with Crippen molar-refractivity contribution < 1.29 is 28.8 Å². The van der Waals surface area contributed by atoms with E-state index >= 15 is 0 Å². The summed E-state index contributed by atoms with van der Waals surface area (Å²) in [5.41, 5.74) is 12.3. The maximum Gasteiger partial charge on any atom is 0.268 e. The van der Waals surface area contributed by atoms with Crippen molar-refractivity contribution in [3.63, 3.8) is 0 Å². The molecule has 28 heteroatoms. The molecular formula is C86H74Cl5N17O6. The molecule has 0 saturated heterocycles. The fraction of sp³-hybridized carbons (Fsp3) is 0.116. The van der Waals surface area contributed by atoms with Crippen LogP contribution in [0, 0.1) is 0 Å². The minimum absolute atomic E-state index is 0.0281. The van der Waals surface area contributed by atoms with E-state index in [9.17, 15) is 28.8 Å². The average Bonchev–Trinajstić information content (AvgIpc) is 1.62. The first-order valence-electron chi connectivity index (χ1n) is 35.6. The number of amides is 6. The van der Waals surface area contributed by atoms with Crippen LogP contribution < -0.4 is 40.4 Å². The summed E-state index contributed by atoms with van der Waals surface area (Å²) in [4.78, 5) is 99.7. The molecule has 0 spiro atoms. The maximum absolute atomic E-state index is 13.6. The number of hydrogen-bond donors (Lipinski definition) is 3. The Balaban J connectivity index is 0.000000125. The fourth-order valence-electron chi connectivity index (χ4n) is 12.9. The number of nitrogens with zero attached hydrogens (tertiary/aromatic N) is 14. The number of carbonyl (C=O) groups excluding carboxylic acids is 6. The van der Waals surface area contributed by atoms with Gasteiger partial charge in [-0.05, 0) is 152 Å². The third-order valence-corrected chi connectivity index (χ3v) is 19.2. The lowest BCUT2D eigenvalue weighted by Gasteiger charge is -2.25. The second-order valence-electron chi connectivity index (χ2n) is 26.8. The minimum Gasteiger partial charge on any atom is -0.383 e. The molecular weight excluding hydrogens is 1540 g/mol. The predicted molar refractivity (Wildman–Crippen MR) is 458 cm³/mol. The molecule has 12 aromatic rings. The summed E-state index contributed by atoms with van der Waals surface area (Å²) < 4.78 is 3.28. The summed E-state index contributed by atoms with van der Waals surface area (Å²) in [7, 11) is 14.9. The molecule has 0 atom stereocenters. The van der Waals surface area contributed by atoms with Crippen LogP contribution in [0.5, 0.6) is 0 Å². The second kappa shape index (κ2) is 34.7. The summed E-state index contributed by atoms with van der Waals surface area (Å²) in [6.45, 7) is 0. The van der Waals surface area contributed by atoms with Gasteiger partial charge in [0, 0.05) is 122 Å². The summed E-state index contributed by atoms with van der Waals surface area (Å²) in [5.74, 6) is 1.46. The third-order valence-electron chi connectivity index (χ3n) is 18.0. The lowest BCUT2D eigenvalue weighted by atomic mass is 10.1. The lowest BCUT2D eigenvalue weighted by Crippen LogP contribution is -2.34. The topological polar surface area (TPSA) is 225 Å². The average molecular weight is 1620 g/mol. The van der Waals surface area contributed by atoms with Crippen molar-refractivity contribution in [2.24, 2.45) is 24.1 Å². The van der Waals surface area contributed by atoms with Gasteiger partial charge in [0.15, 0.2) is 5.82 Å². The van der Waals surface area contributed by atoms with E-state index in [1.54, 1.807) is 128 Å². The van der Waals surface area contributed by atoms with Gasteiger partial charge in [0.1, 0.15) is 35.0 Å². The molecule has 23 nitrogen and oxygen atoms in total. The Morgan fingerprint density at radius 2 is 0.772 bits per heavy atom. The van der Waals surface area contributed by atoms with Gasteiger partial charge >= 0.3 is 0 Å². The first kappa shape index (κ1) is 79.1. The molecule has 0 saturated carbocycles. The molecule has 10 aromatic carbocycles. The molecule has 0 radical (unpaired) electrons. The van der Waals surface area contributed by atoms with Crippen LogP contribution in [0.2, 0.25) is 25.1 Å². The normalized spacial score (nSPS) is 14.1. The van der Waals surface area contributed by atoms with Crippen molar-refractivity contribution in [2.45, 2.75) is 12.8 Å². The van der Waals surface area contributed by atoms with Crippen molar-refractivity contribution >= 4 is 202 Å². The van der Waals surface area contributed by atoms with Crippen molar-refractivity contribution in [2.75, 3.05) is 82.7 Å². The summed E-state index contributed by atoms with van der Waals surface area (Å²) >= 11 is 30.7. The van der Waals surface area contributed by atoms with E-state index < -0.39 is 0 Å². The van der Waals surface area contributed by atoms with Crippen molar-refractivity contribution in [1.82, 2.24) is 34.3 Å². The van der Waals surface area contributed by atoms with Crippen LogP contribution in [-0.2, 0) is 33.3 Å². The van der Waals surface area contributed by atoms with E-state index in [-0.39, 0.29) is 48.3 Å². The fourth-order valence-corrected chi connectivity index (χ4v) is 13.7. The Morgan fingerprint density at radius 1 is 0.395 bits per heavy atom. The van der Waals surface area contributed by atoms with Gasteiger partial charge in [-0.15, -0.1) is 0 Å². The largest absolute Gasteiger partial charge is 0.383 e. The number of amidine groups is 2. The SMILES string of the molecule is CN(C)/C=C1\C(=O)N(c2ccccc2)c2cc(Cl)ccc2N=C1N(C)C.CN(C)C1=Nc2ccc(Cl)cc2N(c2ccccc2)C(=O)C1.Cn1cc2c(n1)Nc1ccc(Cl)cc1N(c1ccccc1)C2=O.Cn1ncc2c1Nc1ccc(Cl)cc1N(c1ccccc1)C2=O.O=C1CC(=O)N(c2ccccc2)c2cc(Cl)ccc2N1.